The van der Waals surface area contributed by atoms with Gasteiger partial charge in [0.15, 0.2) is 0 Å². The summed E-state index contributed by atoms with van der Waals surface area (Å²) in [4.78, 5) is 18.2. The van der Waals surface area contributed by atoms with E-state index in [1.54, 1.807) is 4.90 Å². The molecule has 1 aromatic rings. The van der Waals surface area contributed by atoms with Gasteiger partial charge in [0.05, 0.1) is 5.25 Å². The van der Waals surface area contributed by atoms with Gasteiger partial charge in [-0.3, -0.25) is 0 Å². The van der Waals surface area contributed by atoms with Crippen LogP contribution in [0.2, 0.25) is 0 Å². The maximum Gasteiger partial charge on any atom is 0.346 e. The van der Waals surface area contributed by atoms with Gasteiger partial charge in [-0.15, -0.1) is 5.10 Å². The van der Waals surface area contributed by atoms with Crippen LogP contribution in [0.3, 0.4) is 0 Å². The van der Waals surface area contributed by atoms with Gasteiger partial charge >= 0.3 is 6.03 Å². The molecule has 0 unspecified atom stereocenters. The van der Waals surface area contributed by atoms with Crippen molar-refractivity contribution in [2.75, 3.05) is 0 Å². The quantitative estimate of drug-likeness (QED) is 0.828. The van der Waals surface area contributed by atoms with E-state index < -0.39 is 9.84 Å². The molecule has 0 aliphatic heterocycles. The number of carbonyl (C=O) groups excluding carboxylic acids is 1. The molecular weight excluding hydrogens is 328 g/mol. The Labute approximate surface area is 143 Å². The molecule has 24 heavy (non-hydrogen) atoms. The van der Waals surface area contributed by atoms with Gasteiger partial charge in [0.1, 0.15) is 6.33 Å². The summed E-state index contributed by atoms with van der Waals surface area (Å²) < 4.78 is 26.7. The molecule has 2 bridgehead atoms. The Hall–Kier alpha value is -1.44. The number of carbonyl (C=O) groups is 1. The lowest BCUT2D eigenvalue weighted by atomic mass is 10.0. The molecule has 7 nitrogen and oxygen atoms in total. The molecule has 1 aromatic heterocycles. The molecule has 1 amide bonds. The van der Waals surface area contributed by atoms with Crippen LogP contribution in [0.25, 0.3) is 0 Å². The third-order valence-corrected chi connectivity index (χ3v) is 7.40. The zero-order valence-electron chi connectivity index (χ0n) is 14.7. The molecule has 134 valence electrons. The van der Waals surface area contributed by atoms with Crippen molar-refractivity contribution in [1.29, 1.82) is 0 Å². The van der Waals surface area contributed by atoms with Crippen molar-refractivity contribution in [3.05, 3.63) is 6.33 Å². The van der Waals surface area contributed by atoms with Crippen LogP contribution in [0.5, 0.6) is 0 Å². The summed E-state index contributed by atoms with van der Waals surface area (Å²) in [5.74, 6) is 0.751. The molecule has 1 heterocycles. The molecule has 0 saturated heterocycles. The van der Waals surface area contributed by atoms with E-state index in [9.17, 15) is 13.2 Å². The predicted molar refractivity (Wildman–Crippen MR) is 89.3 cm³/mol. The van der Waals surface area contributed by atoms with Crippen LogP contribution in [-0.2, 0) is 9.84 Å². The number of rotatable bonds is 4. The molecular formula is C16H26N4O3S. The third kappa shape index (κ3) is 2.85. The van der Waals surface area contributed by atoms with Crippen LogP contribution >= 0.6 is 0 Å². The Bertz CT molecular complexity index is 717. The van der Waals surface area contributed by atoms with Crippen molar-refractivity contribution in [3.8, 4) is 0 Å². The second kappa shape index (κ2) is 6.13. The second-order valence-electron chi connectivity index (χ2n) is 7.61. The number of nitrogens with zero attached hydrogens (tertiary/aromatic N) is 4. The first-order chi connectivity index (χ1) is 11.2. The smallest absolute Gasteiger partial charge is 0.318 e. The third-order valence-electron chi connectivity index (χ3n) is 5.33. The first kappa shape index (κ1) is 17.4. The van der Waals surface area contributed by atoms with Gasteiger partial charge in [-0.2, -0.15) is 4.68 Å². The average Bonchev–Trinajstić information content (AvgIpc) is 3.22. The summed E-state index contributed by atoms with van der Waals surface area (Å²) in [6.07, 6.45) is 5.04. The lowest BCUT2D eigenvalue weighted by molar-refractivity contribution is 0.163. The Balaban J connectivity index is 1.84. The Kier molecular flexibility index (Phi) is 4.44. The van der Waals surface area contributed by atoms with Crippen molar-refractivity contribution in [1.82, 2.24) is 19.7 Å². The summed E-state index contributed by atoms with van der Waals surface area (Å²) in [5.41, 5.74) is 0. The number of hydrogen-bond donors (Lipinski definition) is 0. The average molecular weight is 354 g/mol. The molecule has 2 aliphatic carbocycles. The molecule has 0 aromatic carbocycles. The topological polar surface area (TPSA) is 85.2 Å². The van der Waals surface area contributed by atoms with Crippen molar-refractivity contribution >= 4 is 15.9 Å². The highest BCUT2D eigenvalue weighted by atomic mass is 32.2. The lowest BCUT2D eigenvalue weighted by Crippen LogP contribution is -2.44. The molecule has 2 aliphatic rings. The summed E-state index contributed by atoms with van der Waals surface area (Å²) in [7, 11) is -3.56. The molecule has 8 heteroatoms. The molecule has 0 radical (unpaired) electrons. The molecule has 3 rings (SSSR count). The highest BCUT2D eigenvalue weighted by molar-refractivity contribution is 7.91. The summed E-state index contributed by atoms with van der Waals surface area (Å²) >= 11 is 0. The first-order valence-electron chi connectivity index (χ1n) is 8.70. The van der Waals surface area contributed by atoms with E-state index in [2.05, 4.69) is 10.1 Å². The monoisotopic (exact) mass is 354 g/mol. The molecule has 2 fully saturated rings. The fraction of sp³-hybridized carbons (Fsp3) is 0.812. The fourth-order valence-corrected chi connectivity index (χ4v) is 6.27. The second-order valence-corrected chi connectivity index (χ2v) is 9.67. The SMILES string of the molecule is CC(C)N(C(=O)n1cnc(S(=O)(=O)[C@@H]2C[C@H]3CC[C@@H]2C3)n1)C(C)C. The fourth-order valence-electron chi connectivity index (χ4n) is 4.33. The number of aromatic nitrogens is 3. The van der Waals surface area contributed by atoms with Gasteiger partial charge in [0.2, 0.25) is 9.84 Å². The number of fused-ring (bicyclic) bond motifs is 2. The van der Waals surface area contributed by atoms with Crippen LogP contribution in [0.4, 0.5) is 4.79 Å². The van der Waals surface area contributed by atoms with Crippen LogP contribution in [0.15, 0.2) is 11.5 Å². The van der Waals surface area contributed by atoms with Crippen LogP contribution in [-0.4, -0.2) is 51.4 Å². The summed E-state index contributed by atoms with van der Waals surface area (Å²) in [5, 5.41) is 3.43. The van der Waals surface area contributed by atoms with Crippen molar-refractivity contribution in [3.63, 3.8) is 0 Å². The van der Waals surface area contributed by atoms with Crippen LogP contribution < -0.4 is 0 Å². The summed E-state index contributed by atoms with van der Waals surface area (Å²) in [6.45, 7) is 7.67. The summed E-state index contributed by atoms with van der Waals surface area (Å²) in [6, 6.07) is -0.360. The van der Waals surface area contributed by atoms with Crippen LogP contribution in [0.1, 0.15) is 53.4 Å². The number of hydrogen-bond acceptors (Lipinski definition) is 5. The maximum atomic E-state index is 12.8. The minimum atomic E-state index is -3.56. The zero-order chi connectivity index (χ0) is 17.6. The standard InChI is InChI=1S/C16H26N4O3S/c1-10(2)20(11(3)4)16(21)19-9-17-15(18-19)24(22,23)14-8-12-5-6-13(14)7-12/h9-14H,5-8H2,1-4H3/t12-,13+,14+/m0/s1. The van der Waals surface area contributed by atoms with Crippen molar-refractivity contribution in [2.45, 2.75) is 75.9 Å². The Morgan fingerprint density at radius 2 is 1.88 bits per heavy atom. The largest absolute Gasteiger partial charge is 0.346 e. The van der Waals surface area contributed by atoms with E-state index in [0.717, 1.165) is 23.9 Å². The first-order valence-corrected chi connectivity index (χ1v) is 10.2. The normalized spacial score (nSPS) is 26.5. The number of sulfone groups is 1. The minimum absolute atomic E-state index is 0.00711. The van der Waals surface area contributed by atoms with Gasteiger partial charge in [-0.25, -0.2) is 18.2 Å². The highest BCUT2D eigenvalue weighted by Crippen LogP contribution is 2.48. The predicted octanol–water partition coefficient (Wildman–Crippen LogP) is 2.33. The molecule has 2 saturated carbocycles. The minimum Gasteiger partial charge on any atom is -0.318 e. The zero-order valence-corrected chi connectivity index (χ0v) is 15.5. The van der Waals surface area contributed by atoms with E-state index in [4.69, 9.17) is 0 Å². The van der Waals surface area contributed by atoms with Gasteiger partial charge < -0.3 is 4.90 Å². The van der Waals surface area contributed by atoms with E-state index in [1.165, 1.54) is 6.33 Å². The molecule has 3 atom stereocenters. The van der Waals surface area contributed by atoms with Gasteiger partial charge in [-0.05, 0) is 58.8 Å². The molecule has 0 N–H and O–H groups in total. The number of amides is 1. The van der Waals surface area contributed by atoms with Crippen LogP contribution in [0, 0.1) is 11.8 Å². The van der Waals surface area contributed by atoms with Gasteiger partial charge in [-0.1, -0.05) is 6.42 Å². The van der Waals surface area contributed by atoms with E-state index >= 15 is 0 Å². The van der Waals surface area contributed by atoms with E-state index in [1.807, 2.05) is 27.7 Å². The maximum absolute atomic E-state index is 12.8. The lowest BCUT2D eigenvalue weighted by Gasteiger charge is -2.29. The van der Waals surface area contributed by atoms with Crippen molar-refractivity contribution < 1.29 is 13.2 Å². The van der Waals surface area contributed by atoms with E-state index in [0.29, 0.717) is 12.3 Å². The Morgan fingerprint density at radius 1 is 1.21 bits per heavy atom. The highest BCUT2D eigenvalue weighted by Gasteiger charge is 2.48. The van der Waals surface area contributed by atoms with E-state index in [-0.39, 0.29) is 34.4 Å². The van der Waals surface area contributed by atoms with Gasteiger partial charge in [0, 0.05) is 12.1 Å². The Morgan fingerprint density at radius 3 is 2.38 bits per heavy atom. The van der Waals surface area contributed by atoms with Gasteiger partial charge in [0.25, 0.3) is 5.16 Å². The molecule has 0 spiro atoms. The van der Waals surface area contributed by atoms with Crippen molar-refractivity contribution in [2.24, 2.45) is 11.8 Å².